The summed E-state index contributed by atoms with van der Waals surface area (Å²) < 4.78 is 41.4. The number of carbonyl (C=O) groups excluding carboxylic acids is 1. The van der Waals surface area contributed by atoms with Crippen LogP contribution in [0, 0.1) is 5.82 Å². The van der Waals surface area contributed by atoms with Crippen molar-refractivity contribution in [1.82, 2.24) is 4.98 Å². The molecule has 4 rings (SSSR count). The molecule has 1 saturated heterocycles. The third-order valence-electron chi connectivity index (χ3n) is 5.17. The first-order valence-corrected chi connectivity index (χ1v) is 9.71. The van der Waals surface area contributed by atoms with Gasteiger partial charge in [0.05, 0.1) is 11.1 Å². The summed E-state index contributed by atoms with van der Waals surface area (Å²) in [6.45, 7) is 0.390. The van der Waals surface area contributed by atoms with E-state index in [4.69, 9.17) is 5.73 Å². The highest BCUT2D eigenvalue weighted by molar-refractivity contribution is 6.09. The molecule has 2 aromatic carbocycles. The van der Waals surface area contributed by atoms with E-state index >= 15 is 0 Å². The van der Waals surface area contributed by atoms with Crippen molar-refractivity contribution in [3.05, 3.63) is 59.9 Å². The van der Waals surface area contributed by atoms with Crippen LogP contribution in [0.5, 0.6) is 0 Å². The van der Waals surface area contributed by atoms with E-state index in [0.29, 0.717) is 28.8 Å². The molecule has 2 heterocycles. The molecule has 0 radical (unpaired) electrons. The van der Waals surface area contributed by atoms with Crippen molar-refractivity contribution in [3.8, 4) is 0 Å². The second-order valence-electron chi connectivity index (χ2n) is 7.47. The molecule has 5 nitrogen and oxygen atoms in total. The molecule has 0 bridgehead atoms. The third-order valence-corrected chi connectivity index (χ3v) is 5.17. The number of carbonyl (C=O) groups is 1. The molecular formula is C22H21F3N4O. The minimum Gasteiger partial charge on any atom is -0.399 e. The summed E-state index contributed by atoms with van der Waals surface area (Å²) in [6, 6.07) is 12.4. The average molecular weight is 414 g/mol. The first kappa shape index (κ1) is 20.0. The van der Waals surface area contributed by atoms with E-state index in [1.54, 1.807) is 35.2 Å². The van der Waals surface area contributed by atoms with Gasteiger partial charge in [-0.25, -0.2) is 18.2 Å². The summed E-state index contributed by atoms with van der Waals surface area (Å²) in [5, 5.41) is 3.36. The van der Waals surface area contributed by atoms with Crippen LogP contribution >= 0.6 is 0 Å². The monoisotopic (exact) mass is 414 g/mol. The molecule has 156 valence electrons. The lowest BCUT2D eigenvalue weighted by molar-refractivity contribution is -0.0102. The zero-order valence-corrected chi connectivity index (χ0v) is 16.2. The molecule has 0 aliphatic carbocycles. The molecule has 1 aliphatic rings. The number of halogens is 3. The smallest absolute Gasteiger partial charge is 0.259 e. The number of benzene rings is 2. The number of nitrogens with zero attached hydrogens (tertiary/aromatic N) is 2. The number of hydrogen-bond acceptors (Lipinski definition) is 4. The zero-order chi connectivity index (χ0) is 21.3. The Hall–Kier alpha value is -3.29. The number of nitrogens with two attached hydrogens (primary N) is 1. The molecule has 1 fully saturated rings. The lowest BCUT2D eigenvalue weighted by Gasteiger charge is -2.24. The van der Waals surface area contributed by atoms with Gasteiger partial charge in [-0.15, -0.1) is 0 Å². The van der Waals surface area contributed by atoms with E-state index < -0.39 is 17.6 Å². The average Bonchev–Trinajstić information content (AvgIpc) is 2.87. The molecule has 0 unspecified atom stereocenters. The zero-order valence-electron chi connectivity index (χ0n) is 16.2. The van der Waals surface area contributed by atoms with Gasteiger partial charge in [0.1, 0.15) is 11.6 Å². The van der Waals surface area contributed by atoms with E-state index in [-0.39, 0.29) is 37.2 Å². The maximum Gasteiger partial charge on any atom is 0.259 e. The van der Waals surface area contributed by atoms with Gasteiger partial charge in [0.25, 0.3) is 5.91 Å². The van der Waals surface area contributed by atoms with Crippen LogP contribution in [0.2, 0.25) is 0 Å². The molecule has 3 N–H and O–H groups in total. The molecule has 8 heteroatoms. The van der Waals surface area contributed by atoms with E-state index in [2.05, 4.69) is 10.3 Å². The lowest BCUT2D eigenvalue weighted by Crippen LogP contribution is -2.29. The minimum atomic E-state index is -2.75. The fraction of sp³-hybridized carbons (Fsp3) is 0.273. The van der Waals surface area contributed by atoms with Crippen molar-refractivity contribution in [1.29, 1.82) is 0 Å². The van der Waals surface area contributed by atoms with Gasteiger partial charge in [-0.05, 0) is 42.8 Å². The summed E-state index contributed by atoms with van der Waals surface area (Å²) in [6.07, 6.45) is -0.269. The normalized spacial score (nSPS) is 16.3. The number of alkyl halides is 2. The molecule has 0 saturated carbocycles. The molecule has 1 aromatic heterocycles. The molecule has 0 spiro atoms. The molecule has 30 heavy (non-hydrogen) atoms. The number of nitrogens with one attached hydrogen (secondary N) is 1. The first-order chi connectivity index (χ1) is 14.3. The van der Waals surface area contributed by atoms with E-state index in [1.807, 2.05) is 0 Å². The number of rotatable bonds is 3. The highest BCUT2D eigenvalue weighted by Crippen LogP contribution is 2.32. The van der Waals surface area contributed by atoms with Crippen LogP contribution in [0.1, 0.15) is 29.6 Å². The highest BCUT2D eigenvalue weighted by Gasteiger charge is 2.33. The molecule has 1 aliphatic heterocycles. The van der Waals surface area contributed by atoms with Crippen LogP contribution in [0.4, 0.5) is 30.4 Å². The van der Waals surface area contributed by atoms with E-state index in [9.17, 15) is 18.0 Å². The maximum absolute atomic E-state index is 13.9. The number of nitrogen functional groups attached to an aromatic ring is 1. The van der Waals surface area contributed by atoms with Crippen molar-refractivity contribution >= 4 is 34.0 Å². The number of anilines is 3. The molecular weight excluding hydrogens is 393 g/mol. The van der Waals surface area contributed by atoms with Gasteiger partial charge < -0.3 is 16.0 Å². The van der Waals surface area contributed by atoms with Crippen molar-refractivity contribution in [2.24, 2.45) is 0 Å². The Bertz CT molecular complexity index is 1100. The Morgan fingerprint density at radius 3 is 2.73 bits per heavy atom. The number of aromatic nitrogens is 1. The number of pyridine rings is 1. The minimum absolute atomic E-state index is 0.0549. The Labute approximate surface area is 171 Å². The van der Waals surface area contributed by atoms with Crippen LogP contribution < -0.4 is 16.0 Å². The van der Waals surface area contributed by atoms with Crippen LogP contribution in [-0.2, 0) is 0 Å². The second kappa shape index (κ2) is 7.85. The Kier molecular flexibility index (Phi) is 5.24. The van der Waals surface area contributed by atoms with Crippen molar-refractivity contribution in [2.75, 3.05) is 29.0 Å². The summed E-state index contributed by atoms with van der Waals surface area (Å²) in [7, 11) is 0. The van der Waals surface area contributed by atoms with E-state index in [1.165, 1.54) is 18.2 Å². The number of hydrogen-bond donors (Lipinski definition) is 2. The largest absolute Gasteiger partial charge is 0.399 e. The predicted octanol–water partition coefficient (Wildman–Crippen LogP) is 4.83. The molecule has 1 amide bonds. The van der Waals surface area contributed by atoms with Crippen LogP contribution in [0.15, 0.2) is 48.5 Å². The quantitative estimate of drug-likeness (QED) is 0.602. The Morgan fingerprint density at radius 1 is 1.10 bits per heavy atom. The molecule has 3 aromatic rings. The van der Waals surface area contributed by atoms with Crippen molar-refractivity contribution in [3.63, 3.8) is 0 Å². The topological polar surface area (TPSA) is 71.2 Å². The van der Waals surface area contributed by atoms with E-state index in [0.717, 1.165) is 0 Å². The summed E-state index contributed by atoms with van der Waals surface area (Å²) in [5.41, 5.74) is 7.38. The van der Waals surface area contributed by atoms with Crippen LogP contribution in [0.3, 0.4) is 0 Å². The summed E-state index contributed by atoms with van der Waals surface area (Å²) >= 11 is 0. The third kappa shape index (κ3) is 4.32. The summed E-state index contributed by atoms with van der Waals surface area (Å²) in [4.78, 5) is 19.2. The predicted molar refractivity (Wildman–Crippen MR) is 112 cm³/mol. The number of fused-ring (bicyclic) bond motifs is 1. The number of amides is 1. The van der Waals surface area contributed by atoms with Gasteiger partial charge in [0, 0.05) is 48.8 Å². The summed E-state index contributed by atoms with van der Waals surface area (Å²) in [5.74, 6) is -3.38. The highest BCUT2D eigenvalue weighted by atomic mass is 19.3. The van der Waals surface area contributed by atoms with Gasteiger partial charge in [-0.3, -0.25) is 4.79 Å². The van der Waals surface area contributed by atoms with Gasteiger partial charge in [0.15, 0.2) is 0 Å². The van der Waals surface area contributed by atoms with Gasteiger partial charge >= 0.3 is 0 Å². The lowest BCUT2D eigenvalue weighted by atomic mass is 10.1. The second-order valence-corrected chi connectivity index (χ2v) is 7.47. The SMILES string of the molecule is Nc1cccc(NC(=O)c2cc3ccc(F)cc3nc2N2CCCC(F)(F)CC2)c1. The van der Waals surface area contributed by atoms with Gasteiger partial charge in [-0.2, -0.15) is 0 Å². The fourth-order valence-corrected chi connectivity index (χ4v) is 3.63. The van der Waals surface area contributed by atoms with Gasteiger partial charge in [-0.1, -0.05) is 6.07 Å². The van der Waals surface area contributed by atoms with Crippen LogP contribution in [0.25, 0.3) is 10.9 Å². The Morgan fingerprint density at radius 2 is 1.93 bits per heavy atom. The first-order valence-electron chi connectivity index (χ1n) is 9.71. The van der Waals surface area contributed by atoms with Gasteiger partial charge in [0.2, 0.25) is 5.92 Å². The molecule has 0 atom stereocenters. The fourth-order valence-electron chi connectivity index (χ4n) is 3.63. The van der Waals surface area contributed by atoms with Crippen molar-refractivity contribution in [2.45, 2.75) is 25.2 Å². The van der Waals surface area contributed by atoms with Crippen molar-refractivity contribution < 1.29 is 18.0 Å². The maximum atomic E-state index is 13.9. The van der Waals surface area contributed by atoms with Crippen LogP contribution in [-0.4, -0.2) is 29.9 Å². The standard InChI is InChI=1S/C22H21F3N4O/c23-15-6-5-14-11-18(21(30)27-17-4-1-3-16(26)13-17)20(28-19(14)12-15)29-9-2-7-22(24,25)8-10-29/h1,3-6,11-13H,2,7-10,26H2,(H,27,30). The Balaban J connectivity index is 1.75.